The molecule has 9 heteroatoms. The van der Waals surface area contributed by atoms with E-state index in [9.17, 15) is 25.3 Å². The number of rotatable bonds is 2. The Kier molecular flexibility index (Phi) is 5.49. The largest absolute Gasteiger partial charge is 1.00 e. The van der Waals surface area contributed by atoms with Crippen molar-refractivity contribution in [1.82, 2.24) is 0 Å². The topological polar surface area (TPSA) is 34.1 Å². The number of halogens is 4. The molecule has 0 atom stereocenters. The second-order valence-corrected chi connectivity index (χ2v) is 3.87. The molecule has 1 aromatic carbocycles. The van der Waals surface area contributed by atoms with Crippen LogP contribution in [0.25, 0.3) is 0 Å². The third kappa shape index (κ3) is 4.16. The van der Waals surface area contributed by atoms with Gasteiger partial charge in [-0.2, -0.15) is 8.42 Å². The van der Waals surface area contributed by atoms with Crippen molar-refractivity contribution in [3.63, 3.8) is 0 Å². The molecule has 0 saturated heterocycles. The molecule has 0 spiro atoms. The molecule has 0 unspecified atom stereocenters. The van der Waals surface area contributed by atoms with Gasteiger partial charge in [0, 0.05) is 0 Å². The summed E-state index contributed by atoms with van der Waals surface area (Å²) in [6, 6.07) is 3.14. The Morgan fingerprint density at radius 3 is 1.87 bits per heavy atom. The zero-order chi connectivity index (χ0) is 11.0. The second-order valence-electron chi connectivity index (χ2n) is 2.55. The molecule has 0 aliphatic carbocycles. The van der Waals surface area contributed by atoms with Crippen molar-refractivity contribution >= 4 is 22.7 Å². The van der Waals surface area contributed by atoms with Gasteiger partial charge in [-0.3, -0.25) is 0 Å². The van der Waals surface area contributed by atoms with Crippen molar-refractivity contribution in [3.8, 4) is 0 Å². The quantitative estimate of drug-likeness (QED) is 0.367. The van der Waals surface area contributed by atoms with Gasteiger partial charge in [-0.25, -0.2) is 0 Å². The zero-order valence-corrected chi connectivity index (χ0v) is 11.6. The molecule has 1 rings (SSSR count). The van der Waals surface area contributed by atoms with Crippen LogP contribution in [0.2, 0.25) is 0 Å². The first-order valence-electron chi connectivity index (χ1n) is 3.46. The predicted molar refractivity (Wildman–Crippen MR) is 43.4 cm³/mol. The summed E-state index contributed by atoms with van der Waals surface area (Å²) < 4.78 is 69.7. The summed E-state index contributed by atoms with van der Waals surface area (Å²) in [6.07, 6.45) is 0. The van der Waals surface area contributed by atoms with Crippen LogP contribution >= 0.6 is 0 Å². The van der Waals surface area contributed by atoms with E-state index in [-0.39, 0.29) is 51.4 Å². The molecule has 0 heterocycles. The molecule has 0 bridgehead atoms. The third-order valence-electron chi connectivity index (χ3n) is 1.53. The maximum atomic E-state index is 12.4. The number of benzene rings is 1. The molecule has 0 radical (unpaired) electrons. The summed E-state index contributed by atoms with van der Waals surface area (Å²) >= 11 is 0. The van der Waals surface area contributed by atoms with Crippen molar-refractivity contribution in [2.75, 3.05) is 0 Å². The number of hydrogen-bond donors (Lipinski definition) is 0. The predicted octanol–water partition coefficient (Wildman–Crippen LogP) is -1.60. The Hall–Kier alpha value is 0.591. The maximum Gasteiger partial charge on any atom is 1.00 e. The van der Waals surface area contributed by atoms with Crippen LogP contribution < -0.4 is 56.8 Å². The summed E-state index contributed by atoms with van der Waals surface area (Å²) in [6.45, 7) is -5.52. The van der Waals surface area contributed by atoms with Crippen LogP contribution in [0.3, 0.4) is 0 Å². The Morgan fingerprint density at radius 2 is 1.53 bits per heavy atom. The van der Waals surface area contributed by atoms with E-state index in [1.807, 2.05) is 0 Å². The van der Waals surface area contributed by atoms with E-state index < -0.39 is 27.6 Å². The van der Waals surface area contributed by atoms with Crippen LogP contribution in [-0.4, -0.2) is 15.4 Å². The van der Waals surface area contributed by atoms with E-state index in [4.69, 9.17) is 0 Å². The summed E-state index contributed by atoms with van der Waals surface area (Å²) in [4.78, 5) is -1.33. The van der Waals surface area contributed by atoms with E-state index >= 15 is 0 Å². The SMILES string of the molecule is O=S(=O)(F)c1ccccc1[B-](F)(F)F.[K+]. The molecule has 0 aliphatic rings. The smallest absolute Gasteiger partial charge is 0.445 e. The molecule has 15 heavy (non-hydrogen) atoms. The molecule has 0 fully saturated rings. The van der Waals surface area contributed by atoms with Crippen molar-refractivity contribution < 1.29 is 76.6 Å². The minimum absolute atomic E-state index is 0. The molecule has 0 aliphatic heterocycles. The summed E-state index contributed by atoms with van der Waals surface area (Å²) in [5.74, 6) is 0. The van der Waals surface area contributed by atoms with Gasteiger partial charge >= 0.3 is 68.6 Å². The van der Waals surface area contributed by atoms with Crippen LogP contribution in [0.1, 0.15) is 0 Å². The second kappa shape index (κ2) is 5.28. The molecule has 78 valence electrons. The van der Waals surface area contributed by atoms with E-state index in [2.05, 4.69) is 0 Å². The van der Waals surface area contributed by atoms with Gasteiger partial charge in [0.1, 0.15) is 0 Å². The Morgan fingerprint density at radius 1 is 1.07 bits per heavy atom. The van der Waals surface area contributed by atoms with Gasteiger partial charge in [0.15, 0.2) is 0 Å². The Labute approximate surface area is 127 Å². The van der Waals surface area contributed by atoms with Crippen LogP contribution in [0.5, 0.6) is 0 Å². The van der Waals surface area contributed by atoms with Gasteiger partial charge in [-0.1, -0.05) is 23.7 Å². The fourth-order valence-electron chi connectivity index (χ4n) is 0.973. The first-order chi connectivity index (χ1) is 6.23. The first-order valence-corrected chi connectivity index (χ1v) is 4.85. The van der Waals surface area contributed by atoms with E-state index in [0.717, 1.165) is 12.1 Å². The molecule has 1 aromatic rings. The van der Waals surface area contributed by atoms with E-state index in [1.165, 1.54) is 0 Å². The first kappa shape index (κ1) is 15.6. The summed E-state index contributed by atoms with van der Waals surface area (Å²) in [5.41, 5.74) is -1.44. The molecule has 0 saturated carbocycles. The van der Waals surface area contributed by atoms with Crippen LogP contribution in [0.4, 0.5) is 16.8 Å². The third-order valence-corrected chi connectivity index (χ3v) is 2.43. The Bertz CT molecular complexity index is 445. The molecule has 0 N–H and O–H groups in total. The van der Waals surface area contributed by atoms with Crippen molar-refractivity contribution in [2.24, 2.45) is 0 Å². The van der Waals surface area contributed by atoms with E-state index in [1.54, 1.807) is 0 Å². The minimum Gasteiger partial charge on any atom is -0.445 e. The average molecular weight is 266 g/mol. The monoisotopic (exact) mass is 266 g/mol. The van der Waals surface area contributed by atoms with Crippen LogP contribution in [0.15, 0.2) is 29.2 Å². The van der Waals surface area contributed by atoms with Crippen molar-refractivity contribution in [2.45, 2.75) is 4.90 Å². The molecule has 0 amide bonds. The maximum absolute atomic E-state index is 12.4. The van der Waals surface area contributed by atoms with Gasteiger partial charge in [0.05, 0.1) is 4.90 Å². The van der Waals surface area contributed by atoms with Gasteiger partial charge in [0.2, 0.25) is 0 Å². The molecule has 0 aromatic heterocycles. The molecule has 2 nitrogen and oxygen atoms in total. The van der Waals surface area contributed by atoms with Gasteiger partial charge in [-0.05, 0) is 6.07 Å². The minimum atomic E-state index is -5.52. The molecular weight excluding hydrogens is 262 g/mol. The zero-order valence-electron chi connectivity index (χ0n) is 7.62. The Balaban J connectivity index is 0.00000196. The van der Waals surface area contributed by atoms with E-state index in [0.29, 0.717) is 12.1 Å². The average Bonchev–Trinajstić information content (AvgIpc) is 2.01. The van der Waals surface area contributed by atoms with Crippen LogP contribution in [-0.2, 0) is 10.2 Å². The van der Waals surface area contributed by atoms with Crippen molar-refractivity contribution in [1.29, 1.82) is 0 Å². The summed E-state index contributed by atoms with van der Waals surface area (Å²) in [7, 11) is -5.32. The van der Waals surface area contributed by atoms with Gasteiger partial charge < -0.3 is 12.9 Å². The standard InChI is InChI=1S/C6H4BF4O2S.K/c8-7(9,10)5-3-1-2-4-6(5)14(11,12)13;/h1-4H;/q-1;+1. The van der Waals surface area contributed by atoms with Crippen LogP contribution in [0, 0.1) is 0 Å². The normalized spacial score (nSPS) is 12.0. The van der Waals surface area contributed by atoms with Crippen molar-refractivity contribution in [3.05, 3.63) is 24.3 Å². The number of hydrogen-bond acceptors (Lipinski definition) is 2. The summed E-state index contributed by atoms with van der Waals surface area (Å²) in [5, 5.41) is 0. The molecular formula is C6H4BF4KO2S. The van der Waals surface area contributed by atoms with Gasteiger partial charge in [0.25, 0.3) is 0 Å². The fraction of sp³-hybridized carbons (Fsp3) is 0. The van der Waals surface area contributed by atoms with Gasteiger partial charge in [-0.15, -0.1) is 3.89 Å². The fourth-order valence-corrected chi connectivity index (χ4v) is 1.70.